The summed E-state index contributed by atoms with van der Waals surface area (Å²) in [5.41, 5.74) is 5.69. The minimum absolute atomic E-state index is 0.0914. The molecule has 1 fully saturated rings. The Morgan fingerprint density at radius 2 is 2.08 bits per heavy atom. The van der Waals surface area contributed by atoms with Gasteiger partial charge in [0.25, 0.3) is 0 Å². The largest absolute Gasteiger partial charge is 0.394 e. The van der Waals surface area contributed by atoms with E-state index in [0.717, 1.165) is 32.5 Å². The van der Waals surface area contributed by atoms with Crippen molar-refractivity contribution in [1.29, 1.82) is 0 Å². The third-order valence-corrected chi connectivity index (χ3v) is 2.99. The Balaban J connectivity index is 2.51. The lowest BCUT2D eigenvalue weighted by atomic mass is 9.78. The van der Waals surface area contributed by atoms with Crippen LogP contribution in [0, 0.1) is 5.92 Å². The third kappa shape index (κ3) is 1.97. The minimum atomic E-state index is -0.371. The van der Waals surface area contributed by atoms with E-state index < -0.39 is 0 Å². The van der Waals surface area contributed by atoms with Crippen molar-refractivity contribution in [3.8, 4) is 0 Å². The van der Waals surface area contributed by atoms with Crippen molar-refractivity contribution in [3.05, 3.63) is 0 Å². The fourth-order valence-corrected chi connectivity index (χ4v) is 1.80. The zero-order chi connectivity index (χ0) is 9.03. The van der Waals surface area contributed by atoms with Gasteiger partial charge in [0, 0.05) is 18.8 Å². The molecule has 0 amide bonds. The summed E-state index contributed by atoms with van der Waals surface area (Å²) >= 11 is 0. The maximum atomic E-state index is 9.17. The first-order valence-corrected chi connectivity index (χ1v) is 4.70. The van der Waals surface area contributed by atoms with E-state index in [1.54, 1.807) is 0 Å². The topological polar surface area (TPSA) is 55.5 Å². The van der Waals surface area contributed by atoms with Gasteiger partial charge < -0.3 is 15.6 Å². The van der Waals surface area contributed by atoms with Crippen molar-refractivity contribution in [2.24, 2.45) is 11.7 Å². The lowest BCUT2D eigenvalue weighted by Gasteiger charge is -2.37. The number of ether oxygens (including phenoxy) is 1. The molecule has 1 aliphatic heterocycles. The summed E-state index contributed by atoms with van der Waals surface area (Å²) in [6, 6.07) is 0. The second kappa shape index (κ2) is 4.21. The number of aliphatic hydroxyl groups is 1. The summed E-state index contributed by atoms with van der Waals surface area (Å²) in [4.78, 5) is 0. The average molecular weight is 173 g/mol. The van der Waals surface area contributed by atoms with Gasteiger partial charge in [0.2, 0.25) is 0 Å². The monoisotopic (exact) mass is 173 g/mol. The zero-order valence-electron chi connectivity index (χ0n) is 7.75. The number of hydrogen-bond donors (Lipinski definition) is 2. The van der Waals surface area contributed by atoms with Crippen molar-refractivity contribution < 1.29 is 9.84 Å². The first kappa shape index (κ1) is 9.96. The summed E-state index contributed by atoms with van der Waals surface area (Å²) in [5.74, 6) is 0.432. The van der Waals surface area contributed by atoms with Crippen LogP contribution in [0.5, 0.6) is 0 Å². The van der Waals surface area contributed by atoms with Crippen LogP contribution in [-0.4, -0.2) is 30.5 Å². The predicted octanol–water partition coefficient (Wildman–Crippen LogP) is 0.513. The highest BCUT2D eigenvalue weighted by molar-refractivity contribution is 4.90. The fraction of sp³-hybridized carbons (Fsp3) is 1.00. The van der Waals surface area contributed by atoms with Crippen LogP contribution in [0.3, 0.4) is 0 Å². The molecule has 0 saturated carbocycles. The molecule has 0 aromatic rings. The predicted molar refractivity (Wildman–Crippen MR) is 47.8 cm³/mol. The lowest BCUT2D eigenvalue weighted by molar-refractivity contribution is 0.0201. The standard InChI is InChI=1S/C9H19NO2/c1-2-9(10,7-11)8-3-5-12-6-4-8/h8,11H,2-7,10H2,1H3. The minimum Gasteiger partial charge on any atom is -0.394 e. The van der Waals surface area contributed by atoms with Crippen molar-refractivity contribution in [1.82, 2.24) is 0 Å². The molecule has 0 aliphatic carbocycles. The van der Waals surface area contributed by atoms with Gasteiger partial charge in [-0.1, -0.05) is 6.92 Å². The quantitative estimate of drug-likeness (QED) is 0.654. The summed E-state index contributed by atoms with van der Waals surface area (Å²) in [5, 5.41) is 9.17. The highest BCUT2D eigenvalue weighted by atomic mass is 16.5. The molecule has 3 nitrogen and oxygen atoms in total. The molecule has 1 rings (SSSR count). The molecule has 1 unspecified atom stereocenters. The molecule has 3 heteroatoms. The summed E-state index contributed by atoms with van der Waals surface area (Å²) in [7, 11) is 0. The molecular weight excluding hydrogens is 154 g/mol. The van der Waals surface area contributed by atoms with E-state index in [2.05, 4.69) is 0 Å². The van der Waals surface area contributed by atoms with Crippen LogP contribution in [0.1, 0.15) is 26.2 Å². The molecule has 1 atom stereocenters. The zero-order valence-corrected chi connectivity index (χ0v) is 7.75. The smallest absolute Gasteiger partial charge is 0.0613 e. The van der Waals surface area contributed by atoms with Crippen molar-refractivity contribution in [3.63, 3.8) is 0 Å². The van der Waals surface area contributed by atoms with E-state index in [9.17, 15) is 5.11 Å². The molecule has 1 heterocycles. The molecule has 72 valence electrons. The van der Waals surface area contributed by atoms with Crippen LogP contribution >= 0.6 is 0 Å². The molecule has 3 N–H and O–H groups in total. The van der Waals surface area contributed by atoms with Gasteiger partial charge in [-0.3, -0.25) is 0 Å². The number of nitrogens with two attached hydrogens (primary N) is 1. The second-order valence-corrected chi connectivity index (χ2v) is 3.63. The molecule has 0 spiro atoms. The van der Waals surface area contributed by atoms with Crippen LogP contribution in [0.25, 0.3) is 0 Å². The Hall–Kier alpha value is -0.120. The van der Waals surface area contributed by atoms with Gasteiger partial charge in [0.15, 0.2) is 0 Å². The first-order valence-electron chi connectivity index (χ1n) is 4.70. The third-order valence-electron chi connectivity index (χ3n) is 2.99. The molecule has 1 aliphatic rings. The van der Waals surface area contributed by atoms with Gasteiger partial charge in [0.05, 0.1) is 6.61 Å². The Morgan fingerprint density at radius 3 is 2.50 bits per heavy atom. The van der Waals surface area contributed by atoms with E-state index >= 15 is 0 Å². The number of rotatable bonds is 3. The van der Waals surface area contributed by atoms with Crippen LogP contribution in [0.2, 0.25) is 0 Å². The van der Waals surface area contributed by atoms with E-state index in [1.807, 2.05) is 6.92 Å². The van der Waals surface area contributed by atoms with Crippen LogP contribution < -0.4 is 5.73 Å². The van der Waals surface area contributed by atoms with Crippen LogP contribution in [0.4, 0.5) is 0 Å². The first-order chi connectivity index (χ1) is 5.73. The second-order valence-electron chi connectivity index (χ2n) is 3.63. The fourth-order valence-electron chi connectivity index (χ4n) is 1.80. The maximum absolute atomic E-state index is 9.17. The van der Waals surface area contributed by atoms with Gasteiger partial charge in [0.1, 0.15) is 0 Å². The summed E-state index contributed by atoms with van der Waals surface area (Å²) in [6.07, 6.45) is 2.82. The van der Waals surface area contributed by atoms with Gasteiger partial charge in [-0.05, 0) is 25.2 Å². The van der Waals surface area contributed by atoms with E-state index in [1.165, 1.54) is 0 Å². The SMILES string of the molecule is CCC(N)(CO)C1CCOCC1. The van der Waals surface area contributed by atoms with Gasteiger partial charge in [-0.25, -0.2) is 0 Å². The van der Waals surface area contributed by atoms with Gasteiger partial charge in [-0.2, -0.15) is 0 Å². The molecule has 0 aromatic carbocycles. The molecule has 0 radical (unpaired) electrons. The Morgan fingerprint density at radius 1 is 1.50 bits per heavy atom. The van der Waals surface area contributed by atoms with Crippen molar-refractivity contribution in [2.45, 2.75) is 31.7 Å². The molecule has 12 heavy (non-hydrogen) atoms. The Bertz CT molecular complexity index is 128. The Labute approximate surface area is 73.9 Å². The van der Waals surface area contributed by atoms with Crippen LogP contribution in [-0.2, 0) is 4.74 Å². The number of hydrogen-bond acceptors (Lipinski definition) is 3. The van der Waals surface area contributed by atoms with E-state index in [0.29, 0.717) is 5.92 Å². The van der Waals surface area contributed by atoms with Crippen LogP contribution in [0.15, 0.2) is 0 Å². The highest BCUT2D eigenvalue weighted by Gasteiger charge is 2.33. The molecule has 0 bridgehead atoms. The van der Waals surface area contributed by atoms with Crippen molar-refractivity contribution in [2.75, 3.05) is 19.8 Å². The highest BCUT2D eigenvalue weighted by Crippen LogP contribution is 2.27. The Kier molecular flexibility index (Phi) is 3.50. The van der Waals surface area contributed by atoms with Crippen molar-refractivity contribution >= 4 is 0 Å². The summed E-state index contributed by atoms with van der Waals surface area (Å²) in [6.45, 7) is 3.72. The maximum Gasteiger partial charge on any atom is 0.0613 e. The molecule has 1 saturated heterocycles. The number of aliphatic hydroxyl groups excluding tert-OH is 1. The average Bonchev–Trinajstić information content (AvgIpc) is 2.18. The normalized spacial score (nSPS) is 25.2. The molecular formula is C9H19NO2. The summed E-state index contributed by atoms with van der Waals surface area (Å²) < 4.78 is 5.25. The lowest BCUT2D eigenvalue weighted by Crippen LogP contribution is -2.51. The van der Waals surface area contributed by atoms with E-state index in [4.69, 9.17) is 10.5 Å². The van der Waals surface area contributed by atoms with Gasteiger partial charge >= 0.3 is 0 Å². The van der Waals surface area contributed by atoms with Gasteiger partial charge in [-0.15, -0.1) is 0 Å². The molecule has 0 aromatic heterocycles. The van der Waals surface area contributed by atoms with E-state index in [-0.39, 0.29) is 12.1 Å².